The van der Waals surface area contributed by atoms with Gasteiger partial charge in [-0.2, -0.15) is 0 Å². The Kier molecular flexibility index (Phi) is 9.21. The number of carbonyl (C=O) groups excluding carboxylic acids is 1. The van der Waals surface area contributed by atoms with Gasteiger partial charge in [0.1, 0.15) is 0 Å². The molecule has 170 valence electrons. The zero-order valence-electron chi connectivity index (χ0n) is 17.6. The summed E-state index contributed by atoms with van der Waals surface area (Å²) in [5, 5.41) is 3.10. The average Bonchev–Trinajstić information content (AvgIpc) is 2.80. The molecular formula is C25H26Cl3NO3. The number of ether oxygens (including phenoxy) is 2. The van der Waals surface area contributed by atoms with Gasteiger partial charge in [-0.1, -0.05) is 65.7 Å². The number of hydrogen-bond acceptors (Lipinski definition) is 4. The topological polar surface area (TPSA) is 38.8 Å². The Hall–Kier alpha value is -1.82. The lowest BCUT2D eigenvalue weighted by Gasteiger charge is -2.28. The third-order valence-corrected chi connectivity index (χ3v) is 6.29. The number of esters is 1. The van der Waals surface area contributed by atoms with E-state index in [0.29, 0.717) is 15.6 Å². The molecule has 3 aromatic carbocycles. The Labute approximate surface area is 204 Å². The first-order valence-corrected chi connectivity index (χ1v) is 11.3. The predicted molar refractivity (Wildman–Crippen MR) is 133 cm³/mol. The molecule has 0 saturated carbocycles. The van der Waals surface area contributed by atoms with Crippen molar-refractivity contribution in [1.29, 1.82) is 0 Å². The van der Waals surface area contributed by atoms with E-state index in [4.69, 9.17) is 32.7 Å². The maximum atomic E-state index is 12.9. The first-order valence-electron chi connectivity index (χ1n) is 10.5. The summed E-state index contributed by atoms with van der Waals surface area (Å²) in [5.41, 5.74) is 1.53. The molecule has 1 fully saturated rings. The molecule has 0 amide bonds. The van der Waals surface area contributed by atoms with E-state index in [1.54, 1.807) is 6.07 Å². The van der Waals surface area contributed by atoms with Crippen molar-refractivity contribution in [2.24, 2.45) is 0 Å². The molecule has 0 aromatic heterocycles. The van der Waals surface area contributed by atoms with Crippen molar-refractivity contribution in [3.05, 3.63) is 81.8 Å². The van der Waals surface area contributed by atoms with Crippen LogP contribution in [0.15, 0.2) is 60.7 Å². The van der Waals surface area contributed by atoms with Gasteiger partial charge in [0.15, 0.2) is 0 Å². The van der Waals surface area contributed by atoms with Gasteiger partial charge in [0.2, 0.25) is 0 Å². The molecule has 1 atom stereocenters. The Morgan fingerprint density at radius 3 is 2.56 bits per heavy atom. The molecule has 32 heavy (non-hydrogen) atoms. The molecule has 1 aliphatic heterocycles. The summed E-state index contributed by atoms with van der Waals surface area (Å²) in [4.78, 5) is 15.3. The molecule has 0 radical (unpaired) electrons. The summed E-state index contributed by atoms with van der Waals surface area (Å²) in [6.07, 6.45) is 0.824. The molecule has 3 aromatic rings. The normalized spacial score (nSPS) is 15.2. The van der Waals surface area contributed by atoms with E-state index in [2.05, 4.69) is 4.90 Å². The van der Waals surface area contributed by atoms with Gasteiger partial charge < -0.3 is 9.47 Å². The van der Waals surface area contributed by atoms with Gasteiger partial charge >= 0.3 is 5.97 Å². The first kappa shape index (κ1) is 24.8. The molecule has 0 N–H and O–H groups in total. The smallest absolute Gasteiger partial charge is 0.338 e. The second kappa shape index (κ2) is 11.9. The highest BCUT2D eigenvalue weighted by Crippen LogP contribution is 2.31. The summed E-state index contributed by atoms with van der Waals surface area (Å²) in [6, 6.07) is 19.0. The fourth-order valence-electron chi connectivity index (χ4n) is 3.98. The van der Waals surface area contributed by atoms with Crippen molar-refractivity contribution in [3.63, 3.8) is 0 Å². The fourth-order valence-corrected chi connectivity index (χ4v) is 4.54. The van der Waals surface area contributed by atoms with Crippen LogP contribution in [0.2, 0.25) is 10.0 Å². The maximum Gasteiger partial charge on any atom is 0.338 e. The molecule has 7 heteroatoms. The van der Waals surface area contributed by atoms with Gasteiger partial charge in [0, 0.05) is 29.1 Å². The molecular weight excluding hydrogens is 469 g/mol. The van der Waals surface area contributed by atoms with E-state index in [1.165, 1.54) is 0 Å². The van der Waals surface area contributed by atoms with Crippen molar-refractivity contribution >= 4 is 52.4 Å². The minimum Gasteiger partial charge on any atom is -0.461 e. The lowest BCUT2D eigenvalue weighted by atomic mass is 9.96. The molecule has 4 rings (SSSR count). The molecule has 1 aliphatic rings. The minimum atomic E-state index is -0.321. The van der Waals surface area contributed by atoms with Crippen LogP contribution in [0.5, 0.6) is 0 Å². The summed E-state index contributed by atoms with van der Waals surface area (Å²) >= 11 is 12.6. The van der Waals surface area contributed by atoms with Crippen LogP contribution in [0.25, 0.3) is 10.8 Å². The number of hydrogen-bond donors (Lipinski definition) is 0. The summed E-state index contributed by atoms with van der Waals surface area (Å²) in [5.74, 6) is -0.343. The van der Waals surface area contributed by atoms with Crippen LogP contribution < -0.4 is 0 Å². The molecule has 1 heterocycles. The minimum absolute atomic E-state index is 0. The number of halogens is 3. The van der Waals surface area contributed by atoms with Crippen molar-refractivity contribution in [2.45, 2.75) is 12.3 Å². The van der Waals surface area contributed by atoms with Crippen LogP contribution in [0.3, 0.4) is 0 Å². The number of benzene rings is 3. The van der Waals surface area contributed by atoms with Crippen LogP contribution in [0.4, 0.5) is 0 Å². The van der Waals surface area contributed by atoms with Crippen molar-refractivity contribution < 1.29 is 14.3 Å². The number of nitrogens with zero attached hydrogens (tertiary/aromatic N) is 1. The predicted octanol–water partition coefficient (Wildman–Crippen LogP) is 6.23. The summed E-state index contributed by atoms with van der Waals surface area (Å²) < 4.78 is 11.2. The Morgan fingerprint density at radius 2 is 1.78 bits per heavy atom. The summed E-state index contributed by atoms with van der Waals surface area (Å²) in [6.45, 7) is 4.48. The van der Waals surface area contributed by atoms with Gasteiger partial charge in [0.05, 0.1) is 25.4 Å². The van der Waals surface area contributed by atoms with E-state index in [9.17, 15) is 4.79 Å². The third-order valence-electron chi connectivity index (χ3n) is 5.72. The number of carbonyl (C=O) groups is 1. The zero-order chi connectivity index (χ0) is 21.6. The Bertz CT molecular complexity index is 1050. The highest BCUT2D eigenvalue weighted by Gasteiger charge is 2.21. The molecule has 0 bridgehead atoms. The van der Waals surface area contributed by atoms with Crippen LogP contribution >= 0.6 is 35.6 Å². The Balaban J connectivity index is 0.00000289. The number of fused-ring (bicyclic) bond motifs is 1. The van der Waals surface area contributed by atoms with Crippen LogP contribution in [-0.2, 0) is 9.47 Å². The van der Waals surface area contributed by atoms with Gasteiger partial charge in [0.25, 0.3) is 0 Å². The van der Waals surface area contributed by atoms with E-state index >= 15 is 0 Å². The van der Waals surface area contributed by atoms with Crippen LogP contribution in [-0.4, -0.2) is 50.3 Å². The average molecular weight is 495 g/mol. The van der Waals surface area contributed by atoms with Crippen molar-refractivity contribution in [1.82, 2.24) is 4.90 Å². The molecule has 0 spiro atoms. The van der Waals surface area contributed by atoms with Crippen molar-refractivity contribution in [2.75, 3.05) is 39.5 Å². The SMILES string of the molecule is Cl.O=C(OCC(CCN1CCOCC1)c1ccc(Cl)cc1Cl)c1cccc2ccccc12. The van der Waals surface area contributed by atoms with Crippen LogP contribution in [0.1, 0.15) is 28.3 Å². The van der Waals surface area contributed by atoms with E-state index < -0.39 is 0 Å². The standard InChI is InChI=1S/C25H25Cl2NO3.ClH/c26-20-8-9-22(24(27)16-20)19(10-11-28-12-14-30-15-13-28)17-31-25(29)23-7-3-5-18-4-1-2-6-21(18)23;/h1-9,16,19H,10-15,17H2;1H. The Morgan fingerprint density at radius 1 is 1.03 bits per heavy atom. The molecule has 0 aliphatic carbocycles. The van der Waals surface area contributed by atoms with E-state index in [0.717, 1.165) is 55.6 Å². The van der Waals surface area contributed by atoms with Gasteiger partial charge in [-0.3, -0.25) is 4.90 Å². The lowest BCUT2D eigenvalue weighted by molar-refractivity contribution is 0.0330. The lowest BCUT2D eigenvalue weighted by Crippen LogP contribution is -2.37. The number of rotatable bonds is 7. The largest absolute Gasteiger partial charge is 0.461 e. The summed E-state index contributed by atoms with van der Waals surface area (Å²) in [7, 11) is 0. The van der Waals surface area contributed by atoms with Gasteiger partial charge in [-0.05, 0) is 47.5 Å². The quantitative estimate of drug-likeness (QED) is 0.365. The van der Waals surface area contributed by atoms with Gasteiger partial charge in [-0.25, -0.2) is 4.79 Å². The van der Waals surface area contributed by atoms with Gasteiger partial charge in [-0.15, -0.1) is 12.4 Å². The third kappa shape index (κ3) is 6.15. The second-order valence-electron chi connectivity index (χ2n) is 7.73. The van der Waals surface area contributed by atoms with Crippen molar-refractivity contribution in [3.8, 4) is 0 Å². The second-order valence-corrected chi connectivity index (χ2v) is 8.57. The number of morpholine rings is 1. The molecule has 1 unspecified atom stereocenters. The van der Waals surface area contributed by atoms with E-state index in [-0.39, 0.29) is 30.9 Å². The fraction of sp³-hybridized carbons (Fsp3) is 0.320. The maximum absolute atomic E-state index is 12.9. The monoisotopic (exact) mass is 493 g/mol. The van der Waals surface area contributed by atoms with Crippen LogP contribution in [0, 0.1) is 0 Å². The molecule has 4 nitrogen and oxygen atoms in total. The van der Waals surface area contributed by atoms with E-state index in [1.807, 2.05) is 54.6 Å². The first-order chi connectivity index (χ1) is 15.1. The zero-order valence-corrected chi connectivity index (χ0v) is 20.0. The highest BCUT2D eigenvalue weighted by molar-refractivity contribution is 6.35. The molecule has 1 saturated heterocycles. The highest BCUT2D eigenvalue weighted by atomic mass is 35.5.